The Bertz CT molecular complexity index is 976. The number of ether oxygens (including phenoxy) is 1. The Kier molecular flexibility index (Phi) is 6.71. The van der Waals surface area contributed by atoms with E-state index in [2.05, 4.69) is 30.5 Å². The molecule has 0 aliphatic carbocycles. The molecule has 0 saturated carbocycles. The van der Waals surface area contributed by atoms with Crippen LogP contribution in [0.2, 0.25) is 0 Å². The van der Waals surface area contributed by atoms with Gasteiger partial charge in [-0.1, -0.05) is 6.07 Å². The molecule has 8 nitrogen and oxygen atoms in total. The maximum absolute atomic E-state index is 5.73. The molecule has 2 N–H and O–H groups in total. The Morgan fingerprint density at radius 2 is 2.07 bits per heavy atom. The summed E-state index contributed by atoms with van der Waals surface area (Å²) in [5.74, 6) is 2.55. The zero-order chi connectivity index (χ0) is 20.6. The summed E-state index contributed by atoms with van der Waals surface area (Å²) in [5, 5.41) is 9.32. The van der Waals surface area contributed by atoms with Gasteiger partial charge in [0.2, 0.25) is 0 Å². The number of pyridine rings is 2. The first-order valence-electron chi connectivity index (χ1n) is 10.0. The number of hydrogen-bond acceptors (Lipinski definition) is 9. The Morgan fingerprint density at radius 3 is 2.90 bits per heavy atom. The van der Waals surface area contributed by atoms with E-state index in [1.807, 2.05) is 42.8 Å². The molecule has 0 aromatic carbocycles. The standard InChI is InChI=1S/C21H25N7OS/c1-28(13-4-14-29-16-7-11-22-12-8-16)19-6-2-5-17(25-19)18-15-30-21(26-18)27-20-23-9-3-10-24-20/h2,5-8,11-12,15H,3-4,9-10,13-14H2,1H3,(H2,23,24,26,27). The normalized spacial score (nSPS) is 13.3. The van der Waals surface area contributed by atoms with Crippen molar-refractivity contribution in [1.29, 1.82) is 0 Å². The molecule has 1 aliphatic rings. The van der Waals surface area contributed by atoms with E-state index < -0.39 is 0 Å². The number of hydrogen-bond donors (Lipinski definition) is 2. The average Bonchev–Trinajstić information content (AvgIpc) is 3.26. The minimum Gasteiger partial charge on any atom is -0.493 e. The first-order valence-corrected chi connectivity index (χ1v) is 10.9. The van der Waals surface area contributed by atoms with Gasteiger partial charge in [0.05, 0.1) is 12.3 Å². The monoisotopic (exact) mass is 423 g/mol. The number of nitrogens with one attached hydrogen (secondary N) is 2. The van der Waals surface area contributed by atoms with Gasteiger partial charge in [-0.15, -0.1) is 11.3 Å². The van der Waals surface area contributed by atoms with E-state index in [9.17, 15) is 0 Å². The molecule has 0 amide bonds. The molecule has 0 radical (unpaired) electrons. The largest absolute Gasteiger partial charge is 0.493 e. The van der Waals surface area contributed by atoms with E-state index in [-0.39, 0.29) is 0 Å². The van der Waals surface area contributed by atoms with Gasteiger partial charge in [-0.25, -0.2) is 9.97 Å². The molecule has 0 saturated heterocycles. The van der Waals surface area contributed by atoms with Gasteiger partial charge < -0.3 is 20.3 Å². The van der Waals surface area contributed by atoms with Crippen molar-refractivity contribution in [3.8, 4) is 17.1 Å². The highest BCUT2D eigenvalue weighted by molar-refractivity contribution is 7.14. The smallest absolute Gasteiger partial charge is 0.197 e. The first-order chi connectivity index (χ1) is 14.8. The van der Waals surface area contributed by atoms with Crippen LogP contribution in [0.15, 0.2) is 53.1 Å². The van der Waals surface area contributed by atoms with Crippen LogP contribution in [0.25, 0.3) is 11.4 Å². The molecule has 0 bridgehead atoms. The van der Waals surface area contributed by atoms with Crippen molar-refractivity contribution in [3.63, 3.8) is 0 Å². The van der Waals surface area contributed by atoms with Gasteiger partial charge in [-0.05, 0) is 37.1 Å². The van der Waals surface area contributed by atoms with E-state index in [1.165, 1.54) is 0 Å². The quantitative estimate of drug-likeness (QED) is 0.538. The van der Waals surface area contributed by atoms with Crippen molar-refractivity contribution >= 4 is 28.2 Å². The molecule has 0 unspecified atom stereocenters. The lowest BCUT2D eigenvalue weighted by Gasteiger charge is -2.18. The van der Waals surface area contributed by atoms with E-state index in [0.29, 0.717) is 6.61 Å². The summed E-state index contributed by atoms with van der Waals surface area (Å²) >= 11 is 1.55. The van der Waals surface area contributed by atoms with Crippen LogP contribution in [0.4, 0.5) is 10.9 Å². The summed E-state index contributed by atoms with van der Waals surface area (Å²) in [5.41, 5.74) is 1.71. The number of thiazole rings is 1. The van der Waals surface area contributed by atoms with E-state index in [4.69, 9.17) is 9.72 Å². The summed E-state index contributed by atoms with van der Waals surface area (Å²) in [6, 6.07) is 9.74. The van der Waals surface area contributed by atoms with Gasteiger partial charge in [0.25, 0.3) is 0 Å². The van der Waals surface area contributed by atoms with Crippen LogP contribution in [-0.4, -0.2) is 54.2 Å². The number of aromatic nitrogens is 3. The van der Waals surface area contributed by atoms with E-state index >= 15 is 0 Å². The Balaban J connectivity index is 1.32. The Hall–Kier alpha value is -3.20. The molecular weight excluding hydrogens is 398 g/mol. The molecule has 0 spiro atoms. The molecule has 9 heteroatoms. The van der Waals surface area contributed by atoms with Crippen LogP contribution >= 0.6 is 11.3 Å². The molecule has 4 heterocycles. The minimum absolute atomic E-state index is 0.646. The number of rotatable bonds is 8. The van der Waals surface area contributed by atoms with Crippen LogP contribution in [0, 0.1) is 0 Å². The summed E-state index contributed by atoms with van der Waals surface area (Å²) < 4.78 is 5.73. The zero-order valence-electron chi connectivity index (χ0n) is 16.9. The van der Waals surface area contributed by atoms with Crippen molar-refractivity contribution in [2.75, 3.05) is 43.5 Å². The molecule has 0 atom stereocenters. The highest BCUT2D eigenvalue weighted by Gasteiger charge is 2.11. The Labute approximate surface area is 180 Å². The predicted molar refractivity (Wildman–Crippen MR) is 122 cm³/mol. The lowest BCUT2D eigenvalue weighted by molar-refractivity contribution is 0.312. The Morgan fingerprint density at radius 1 is 1.17 bits per heavy atom. The number of nitrogens with zero attached hydrogens (tertiary/aromatic N) is 5. The van der Waals surface area contributed by atoms with Crippen LogP contribution < -0.4 is 20.3 Å². The second-order valence-corrected chi connectivity index (χ2v) is 7.72. The summed E-state index contributed by atoms with van der Waals surface area (Å²) in [6.45, 7) is 3.27. The van der Waals surface area contributed by atoms with Gasteiger partial charge in [0.1, 0.15) is 17.3 Å². The molecular formula is C21H25N7OS. The fourth-order valence-corrected chi connectivity index (χ4v) is 3.69. The molecule has 0 fully saturated rings. The van der Waals surface area contributed by atoms with Crippen LogP contribution in [0.5, 0.6) is 5.75 Å². The summed E-state index contributed by atoms with van der Waals surface area (Å²) in [6.07, 6.45) is 5.42. The van der Waals surface area contributed by atoms with Crippen molar-refractivity contribution in [1.82, 2.24) is 20.3 Å². The highest BCUT2D eigenvalue weighted by atomic mass is 32.1. The highest BCUT2D eigenvalue weighted by Crippen LogP contribution is 2.25. The third kappa shape index (κ3) is 5.44. The van der Waals surface area contributed by atoms with Gasteiger partial charge in [-0.2, -0.15) is 0 Å². The second-order valence-electron chi connectivity index (χ2n) is 6.86. The molecule has 3 aromatic rings. The van der Waals surface area contributed by atoms with Crippen molar-refractivity contribution in [3.05, 3.63) is 48.1 Å². The topological polar surface area (TPSA) is 87.6 Å². The molecule has 156 valence electrons. The van der Waals surface area contributed by atoms with Gasteiger partial charge in [0.15, 0.2) is 11.1 Å². The molecule has 1 aliphatic heterocycles. The lowest BCUT2D eigenvalue weighted by atomic mass is 10.3. The molecule has 3 aromatic heterocycles. The van der Waals surface area contributed by atoms with Gasteiger partial charge >= 0.3 is 0 Å². The van der Waals surface area contributed by atoms with E-state index in [1.54, 1.807) is 23.7 Å². The van der Waals surface area contributed by atoms with Crippen molar-refractivity contribution < 1.29 is 4.74 Å². The summed E-state index contributed by atoms with van der Waals surface area (Å²) in [7, 11) is 2.04. The van der Waals surface area contributed by atoms with Gasteiger partial charge in [0, 0.05) is 44.5 Å². The average molecular weight is 424 g/mol. The maximum atomic E-state index is 5.73. The molecule has 30 heavy (non-hydrogen) atoms. The number of guanidine groups is 1. The lowest BCUT2D eigenvalue weighted by Crippen LogP contribution is -2.35. The van der Waals surface area contributed by atoms with Crippen LogP contribution in [0.3, 0.4) is 0 Å². The van der Waals surface area contributed by atoms with Crippen LogP contribution in [0.1, 0.15) is 12.8 Å². The van der Waals surface area contributed by atoms with Crippen LogP contribution in [-0.2, 0) is 0 Å². The van der Waals surface area contributed by atoms with Crippen molar-refractivity contribution in [2.24, 2.45) is 4.99 Å². The number of aliphatic imine (C=N–C) groups is 1. The third-order valence-corrected chi connectivity index (χ3v) is 5.33. The fraction of sp³-hybridized carbons (Fsp3) is 0.333. The van der Waals surface area contributed by atoms with Crippen molar-refractivity contribution in [2.45, 2.75) is 12.8 Å². The number of anilines is 2. The third-order valence-electron chi connectivity index (χ3n) is 4.57. The van der Waals surface area contributed by atoms with Gasteiger partial charge in [-0.3, -0.25) is 9.98 Å². The fourth-order valence-electron chi connectivity index (χ4n) is 2.99. The predicted octanol–water partition coefficient (Wildman–Crippen LogP) is 3.27. The van der Waals surface area contributed by atoms with E-state index in [0.717, 1.165) is 66.5 Å². The SMILES string of the molecule is CN(CCCOc1ccncc1)c1cccc(-c2csc(NC3=NCCCN3)n2)n1. The summed E-state index contributed by atoms with van der Waals surface area (Å²) in [4.78, 5) is 20.0. The second kappa shape index (κ2) is 10.0. The molecule has 4 rings (SSSR count). The zero-order valence-corrected chi connectivity index (χ0v) is 17.7. The first kappa shape index (κ1) is 20.1. The minimum atomic E-state index is 0.646. The maximum Gasteiger partial charge on any atom is 0.197 e.